The first kappa shape index (κ1) is 13.3. The lowest BCUT2D eigenvalue weighted by molar-refractivity contribution is -0.150. The summed E-state index contributed by atoms with van der Waals surface area (Å²) in [5.74, 6) is -0.643. The first-order chi connectivity index (χ1) is 9.20. The lowest BCUT2D eigenvalue weighted by Gasteiger charge is -2.09. The van der Waals surface area contributed by atoms with Crippen LogP contribution in [0.15, 0.2) is 54.6 Å². The van der Waals surface area contributed by atoms with E-state index in [-0.39, 0.29) is 0 Å². The van der Waals surface area contributed by atoms with E-state index in [0.717, 1.165) is 12.0 Å². The molecule has 2 aromatic rings. The molecule has 0 saturated heterocycles. The number of benzene rings is 2. The predicted molar refractivity (Wildman–Crippen MR) is 72.7 cm³/mol. The third-order valence-electron chi connectivity index (χ3n) is 2.97. The Morgan fingerprint density at radius 3 is 2.21 bits per heavy atom. The van der Waals surface area contributed by atoms with Crippen LogP contribution in [0.4, 0.5) is 0 Å². The number of carbonyl (C=O) groups is 1. The molecule has 1 N–H and O–H groups in total. The molecule has 0 aromatic heterocycles. The maximum Gasteiger partial charge on any atom is 0.339 e. The Hall–Kier alpha value is -2.13. The van der Waals surface area contributed by atoms with Crippen LogP contribution in [0.25, 0.3) is 0 Å². The van der Waals surface area contributed by atoms with Gasteiger partial charge in [-0.05, 0) is 23.1 Å². The van der Waals surface area contributed by atoms with E-state index in [1.165, 1.54) is 12.7 Å². The van der Waals surface area contributed by atoms with Gasteiger partial charge in [0.2, 0.25) is 0 Å². The third-order valence-corrected chi connectivity index (χ3v) is 2.97. The number of aliphatic hydroxyl groups is 1. The molecular weight excluding hydrogens is 240 g/mol. The highest BCUT2D eigenvalue weighted by molar-refractivity contribution is 5.76. The van der Waals surface area contributed by atoms with Gasteiger partial charge in [-0.25, -0.2) is 4.79 Å². The zero-order chi connectivity index (χ0) is 13.7. The fraction of sp³-hybridized carbons (Fsp3) is 0.188. The first-order valence-corrected chi connectivity index (χ1v) is 6.09. The van der Waals surface area contributed by atoms with Crippen molar-refractivity contribution >= 4 is 5.97 Å². The van der Waals surface area contributed by atoms with Gasteiger partial charge in [0.1, 0.15) is 0 Å². The molecule has 3 heteroatoms. The smallest absolute Gasteiger partial charge is 0.339 e. The van der Waals surface area contributed by atoms with Crippen LogP contribution < -0.4 is 0 Å². The topological polar surface area (TPSA) is 46.5 Å². The Kier molecular flexibility index (Phi) is 4.31. The molecule has 0 spiro atoms. The molecule has 1 atom stereocenters. The molecule has 0 aliphatic carbocycles. The highest BCUT2D eigenvalue weighted by atomic mass is 16.5. The van der Waals surface area contributed by atoms with Crippen molar-refractivity contribution in [3.63, 3.8) is 0 Å². The van der Waals surface area contributed by atoms with Gasteiger partial charge >= 0.3 is 5.97 Å². The van der Waals surface area contributed by atoms with Crippen molar-refractivity contribution in [3.8, 4) is 0 Å². The summed E-state index contributed by atoms with van der Waals surface area (Å²) in [4.78, 5) is 11.2. The van der Waals surface area contributed by atoms with E-state index in [2.05, 4.69) is 16.9 Å². The highest BCUT2D eigenvalue weighted by Gasteiger charge is 2.17. The van der Waals surface area contributed by atoms with Gasteiger partial charge in [0.15, 0.2) is 6.10 Å². The molecule has 2 rings (SSSR count). The van der Waals surface area contributed by atoms with Crippen LogP contribution in [0.1, 0.15) is 22.8 Å². The minimum absolute atomic E-state index is 0.545. The Labute approximate surface area is 112 Å². The summed E-state index contributed by atoms with van der Waals surface area (Å²) in [6, 6.07) is 17.5. The SMILES string of the molecule is COC(=O)C(O)c1ccc(Cc2ccccc2)cc1. The van der Waals surface area contributed by atoms with Gasteiger partial charge in [0, 0.05) is 0 Å². The van der Waals surface area contributed by atoms with Gasteiger partial charge in [-0.1, -0.05) is 54.6 Å². The third kappa shape index (κ3) is 3.42. The molecule has 0 aliphatic rings. The van der Waals surface area contributed by atoms with Crippen LogP contribution in [0, 0.1) is 0 Å². The number of methoxy groups -OCH3 is 1. The van der Waals surface area contributed by atoms with Crippen LogP contribution in [0.2, 0.25) is 0 Å². The zero-order valence-electron chi connectivity index (χ0n) is 10.7. The van der Waals surface area contributed by atoms with Gasteiger partial charge in [-0.15, -0.1) is 0 Å². The van der Waals surface area contributed by atoms with E-state index in [1.807, 2.05) is 30.3 Å². The van der Waals surface area contributed by atoms with Crippen LogP contribution in [-0.4, -0.2) is 18.2 Å². The summed E-state index contributed by atoms with van der Waals surface area (Å²) in [5, 5.41) is 9.70. The second-order valence-electron chi connectivity index (χ2n) is 4.33. The Bertz CT molecular complexity index is 532. The van der Waals surface area contributed by atoms with Gasteiger partial charge in [-0.3, -0.25) is 0 Å². The Morgan fingerprint density at radius 1 is 1.05 bits per heavy atom. The van der Waals surface area contributed by atoms with Gasteiger partial charge in [-0.2, -0.15) is 0 Å². The molecule has 0 amide bonds. The van der Waals surface area contributed by atoms with E-state index in [0.29, 0.717) is 5.56 Å². The van der Waals surface area contributed by atoms with E-state index in [1.54, 1.807) is 12.1 Å². The molecule has 98 valence electrons. The van der Waals surface area contributed by atoms with Crippen molar-refractivity contribution in [1.82, 2.24) is 0 Å². The Balaban J connectivity index is 2.08. The molecule has 0 heterocycles. The van der Waals surface area contributed by atoms with Crippen LogP contribution in [0.3, 0.4) is 0 Å². The minimum atomic E-state index is -1.21. The molecular formula is C16H16O3. The lowest BCUT2D eigenvalue weighted by Crippen LogP contribution is -2.13. The Morgan fingerprint density at radius 2 is 1.63 bits per heavy atom. The standard InChI is InChI=1S/C16H16O3/c1-19-16(18)15(17)14-9-7-13(8-10-14)11-12-5-3-2-4-6-12/h2-10,15,17H,11H2,1H3. The molecule has 2 aromatic carbocycles. The maximum absolute atomic E-state index is 11.2. The molecule has 0 saturated carbocycles. The van der Waals surface area contributed by atoms with Crippen molar-refractivity contribution in [2.75, 3.05) is 7.11 Å². The van der Waals surface area contributed by atoms with Gasteiger partial charge in [0.05, 0.1) is 7.11 Å². The summed E-state index contributed by atoms with van der Waals surface area (Å²) < 4.78 is 4.50. The number of esters is 1. The highest BCUT2D eigenvalue weighted by Crippen LogP contribution is 2.16. The van der Waals surface area contributed by atoms with Crippen molar-refractivity contribution in [3.05, 3.63) is 71.3 Å². The van der Waals surface area contributed by atoms with Gasteiger partial charge < -0.3 is 9.84 Å². The van der Waals surface area contributed by atoms with E-state index < -0.39 is 12.1 Å². The van der Waals surface area contributed by atoms with Crippen LogP contribution in [0.5, 0.6) is 0 Å². The number of aliphatic hydroxyl groups excluding tert-OH is 1. The van der Waals surface area contributed by atoms with E-state index in [9.17, 15) is 9.90 Å². The number of hydrogen-bond acceptors (Lipinski definition) is 3. The largest absolute Gasteiger partial charge is 0.467 e. The van der Waals surface area contributed by atoms with Crippen LogP contribution >= 0.6 is 0 Å². The fourth-order valence-electron chi connectivity index (χ4n) is 1.90. The van der Waals surface area contributed by atoms with Crippen LogP contribution in [-0.2, 0) is 16.0 Å². The minimum Gasteiger partial charge on any atom is -0.467 e. The van der Waals surface area contributed by atoms with Crippen molar-refractivity contribution in [2.45, 2.75) is 12.5 Å². The molecule has 0 fully saturated rings. The molecule has 0 aliphatic heterocycles. The van der Waals surface area contributed by atoms with Crippen molar-refractivity contribution in [2.24, 2.45) is 0 Å². The summed E-state index contributed by atoms with van der Waals surface area (Å²) in [6.07, 6.45) is -0.383. The number of ether oxygens (including phenoxy) is 1. The number of carbonyl (C=O) groups excluding carboxylic acids is 1. The van der Waals surface area contributed by atoms with Gasteiger partial charge in [0.25, 0.3) is 0 Å². The average Bonchev–Trinajstić information content (AvgIpc) is 2.47. The second kappa shape index (κ2) is 6.16. The first-order valence-electron chi connectivity index (χ1n) is 6.09. The zero-order valence-corrected chi connectivity index (χ0v) is 10.7. The summed E-state index contributed by atoms with van der Waals surface area (Å²) in [5.41, 5.74) is 2.90. The van der Waals surface area contributed by atoms with Crippen molar-refractivity contribution < 1.29 is 14.6 Å². The molecule has 19 heavy (non-hydrogen) atoms. The van der Waals surface area contributed by atoms with E-state index in [4.69, 9.17) is 0 Å². The fourth-order valence-corrected chi connectivity index (χ4v) is 1.90. The average molecular weight is 256 g/mol. The predicted octanol–water partition coefficient (Wildman–Crippen LogP) is 2.48. The quantitative estimate of drug-likeness (QED) is 0.855. The number of rotatable bonds is 4. The lowest BCUT2D eigenvalue weighted by atomic mass is 10.0. The summed E-state index contributed by atoms with van der Waals surface area (Å²) >= 11 is 0. The molecule has 3 nitrogen and oxygen atoms in total. The summed E-state index contributed by atoms with van der Waals surface area (Å²) in [6.45, 7) is 0. The normalized spacial score (nSPS) is 11.9. The maximum atomic E-state index is 11.2. The molecule has 0 bridgehead atoms. The van der Waals surface area contributed by atoms with Crippen molar-refractivity contribution in [1.29, 1.82) is 0 Å². The van der Waals surface area contributed by atoms with E-state index >= 15 is 0 Å². The molecule has 1 unspecified atom stereocenters. The summed E-state index contributed by atoms with van der Waals surface area (Å²) in [7, 11) is 1.26. The number of hydrogen-bond donors (Lipinski definition) is 1. The monoisotopic (exact) mass is 256 g/mol. The second-order valence-corrected chi connectivity index (χ2v) is 4.33. The molecule has 0 radical (unpaired) electrons.